The van der Waals surface area contributed by atoms with Crippen LogP contribution in [0.4, 0.5) is 0 Å². The lowest BCUT2D eigenvalue weighted by Crippen LogP contribution is -2.32. The monoisotopic (exact) mass is 269 g/mol. The van der Waals surface area contributed by atoms with E-state index in [0.29, 0.717) is 17.6 Å². The smallest absolute Gasteiger partial charge is 0.0575 e. The lowest BCUT2D eigenvalue weighted by atomic mass is 9.87. The van der Waals surface area contributed by atoms with Crippen LogP contribution in [0.5, 0.6) is 0 Å². The Morgan fingerprint density at radius 2 is 2.00 bits per heavy atom. The molecule has 1 saturated heterocycles. The van der Waals surface area contributed by atoms with Crippen molar-refractivity contribution in [2.75, 3.05) is 13.2 Å². The molecule has 2 heteroatoms. The minimum Gasteiger partial charge on any atom is -0.378 e. The molecule has 2 unspecified atom stereocenters. The first-order valence-electron chi connectivity index (χ1n) is 8.36. The molecule has 0 saturated carbocycles. The van der Waals surface area contributed by atoms with Gasteiger partial charge in [0, 0.05) is 12.6 Å². The van der Waals surface area contributed by atoms with E-state index >= 15 is 0 Å². The fourth-order valence-corrected chi connectivity index (χ4v) is 2.73. The number of ether oxygens (including phenoxy) is 1. The molecule has 0 aromatic heterocycles. The van der Waals surface area contributed by atoms with E-state index < -0.39 is 0 Å². The minimum absolute atomic E-state index is 0.452. The Morgan fingerprint density at radius 3 is 2.58 bits per heavy atom. The summed E-state index contributed by atoms with van der Waals surface area (Å²) in [6.45, 7) is 11.4. The Bertz CT molecular complexity index is 216. The van der Waals surface area contributed by atoms with Crippen molar-refractivity contribution in [1.29, 1.82) is 0 Å². The van der Waals surface area contributed by atoms with E-state index in [1.54, 1.807) is 0 Å². The van der Waals surface area contributed by atoms with Crippen LogP contribution in [0.25, 0.3) is 0 Å². The molecule has 0 aromatic rings. The Balaban J connectivity index is 2.26. The maximum absolute atomic E-state index is 5.85. The molecular weight excluding hydrogens is 234 g/mol. The lowest BCUT2D eigenvalue weighted by Gasteiger charge is -2.27. The quantitative estimate of drug-likeness (QED) is 0.699. The first kappa shape index (κ1) is 17.0. The highest BCUT2D eigenvalue weighted by Gasteiger charge is 2.18. The van der Waals surface area contributed by atoms with Crippen molar-refractivity contribution in [2.45, 2.75) is 91.2 Å². The summed E-state index contributed by atoms with van der Waals surface area (Å²) >= 11 is 0. The average molecular weight is 269 g/mol. The van der Waals surface area contributed by atoms with Crippen LogP contribution >= 0.6 is 0 Å². The van der Waals surface area contributed by atoms with Gasteiger partial charge in [0.2, 0.25) is 0 Å². The van der Waals surface area contributed by atoms with Gasteiger partial charge in [0.1, 0.15) is 0 Å². The van der Waals surface area contributed by atoms with E-state index in [1.165, 1.54) is 51.4 Å². The maximum Gasteiger partial charge on any atom is 0.0575 e. The third kappa shape index (κ3) is 8.65. The highest BCUT2D eigenvalue weighted by Crippen LogP contribution is 2.24. The average Bonchev–Trinajstić information content (AvgIpc) is 2.38. The molecule has 0 aliphatic carbocycles. The second kappa shape index (κ2) is 8.97. The summed E-state index contributed by atoms with van der Waals surface area (Å²) < 4.78 is 5.85. The third-order valence-corrected chi connectivity index (χ3v) is 4.04. The van der Waals surface area contributed by atoms with Gasteiger partial charge in [-0.2, -0.15) is 0 Å². The fourth-order valence-electron chi connectivity index (χ4n) is 2.73. The molecule has 1 N–H and O–H groups in total. The lowest BCUT2D eigenvalue weighted by molar-refractivity contribution is 0.00829. The standard InChI is InChI=1S/C17H35NO/c1-5-13-18-15(11-12-17(2,3)4)9-10-16-8-6-7-14-19-16/h15-16,18H,5-14H2,1-4H3. The molecule has 19 heavy (non-hydrogen) atoms. The van der Waals surface area contributed by atoms with Crippen molar-refractivity contribution in [3.63, 3.8) is 0 Å². The number of hydrogen-bond donors (Lipinski definition) is 1. The molecule has 0 bridgehead atoms. The Labute approximate surface area is 120 Å². The highest BCUT2D eigenvalue weighted by atomic mass is 16.5. The van der Waals surface area contributed by atoms with Crippen molar-refractivity contribution in [2.24, 2.45) is 5.41 Å². The molecule has 1 aliphatic heterocycles. The summed E-state index contributed by atoms with van der Waals surface area (Å²) in [6.07, 6.45) is 10.8. The minimum atomic E-state index is 0.452. The number of nitrogens with one attached hydrogen (secondary N) is 1. The molecule has 1 fully saturated rings. The summed E-state index contributed by atoms with van der Waals surface area (Å²) in [5.74, 6) is 0. The maximum atomic E-state index is 5.85. The van der Waals surface area contributed by atoms with E-state index in [1.807, 2.05) is 0 Å². The van der Waals surface area contributed by atoms with Crippen molar-refractivity contribution in [1.82, 2.24) is 5.32 Å². The Hall–Kier alpha value is -0.0800. The zero-order chi connectivity index (χ0) is 14.1. The van der Waals surface area contributed by atoms with Gasteiger partial charge in [-0.1, -0.05) is 27.7 Å². The van der Waals surface area contributed by atoms with Gasteiger partial charge in [0.25, 0.3) is 0 Å². The van der Waals surface area contributed by atoms with Gasteiger partial charge in [-0.15, -0.1) is 0 Å². The SMILES string of the molecule is CCCNC(CCC1CCCCO1)CCC(C)(C)C. The van der Waals surface area contributed by atoms with E-state index in [9.17, 15) is 0 Å². The van der Waals surface area contributed by atoms with Crippen LogP contribution in [0, 0.1) is 5.41 Å². The predicted molar refractivity (Wildman–Crippen MR) is 83.6 cm³/mol. The molecule has 114 valence electrons. The molecule has 1 aliphatic rings. The fraction of sp³-hybridized carbons (Fsp3) is 1.00. The first-order chi connectivity index (χ1) is 9.01. The summed E-state index contributed by atoms with van der Waals surface area (Å²) in [5.41, 5.74) is 0.452. The zero-order valence-corrected chi connectivity index (χ0v) is 13.6. The molecule has 2 atom stereocenters. The molecule has 0 amide bonds. The van der Waals surface area contributed by atoms with Gasteiger partial charge < -0.3 is 10.1 Å². The Kier molecular flexibility index (Phi) is 8.01. The van der Waals surface area contributed by atoms with E-state index in [0.717, 1.165) is 13.2 Å². The zero-order valence-electron chi connectivity index (χ0n) is 13.6. The van der Waals surface area contributed by atoms with Gasteiger partial charge >= 0.3 is 0 Å². The topological polar surface area (TPSA) is 21.3 Å². The first-order valence-corrected chi connectivity index (χ1v) is 8.36. The summed E-state index contributed by atoms with van der Waals surface area (Å²) in [5, 5.41) is 3.73. The summed E-state index contributed by atoms with van der Waals surface area (Å²) in [6, 6.07) is 0.685. The van der Waals surface area contributed by atoms with Gasteiger partial charge in [-0.05, 0) is 63.3 Å². The molecule has 1 heterocycles. The van der Waals surface area contributed by atoms with Gasteiger partial charge in [0.05, 0.1) is 6.10 Å². The van der Waals surface area contributed by atoms with Crippen molar-refractivity contribution >= 4 is 0 Å². The molecule has 1 rings (SSSR count). The van der Waals surface area contributed by atoms with Crippen molar-refractivity contribution in [3.05, 3.63) is 0 Å². The van der Waals surface area contributed by atoms with E-state index in [-0.39, 0.29) is 0 Å². The van der Waals surface area contributed by atoms with Gasteiger partial charge in [-0.25, -0.2) is 0 Å². The molecular formula is C17H35NO. The number of hydrogen-bond acceptors (Lipinski definition) is 2. The van der Waals surface area contributed by atoms with Crippen LogP contribution in [0.3, 0.4) is 0 Å². The third-order valence-electron chi connectivity index (χ3n) is 4.04. The van der Waals surface area contributed by atoms with Gasteiger partial charge in [0.15, 0.2) is 0 Å². The predicted octanol–water partition coefficient (Wildman–Crippen LogP) is 4.53. The van der Waals surface area contributed by atoms with E-state index in [4.69, 9.17) is 4.74 Å². The summed E-state index contributed by atoms with van der Waals surface area (Å²) in [7, 11) is 0. The van der Waals surface area contributed by atoms with Crippen molar-refractivity contribution in [3.8, 4) is 0 Å². The van der Waals surface area contributed by atoms with Crippen LogP contribution in [0.15, 0.2) is 0 Å². The Morgan fingerprint density at radius 1 is 1.21 bits per heavy atom. The van der Waals surface area contributed by atoms with Crippen LogP contribution in [0.1, 0.15) is 79.1 Å². The van der Waals surface area contributed by atoms with Crippen LogP contribution in [0.2, 0.25) is 0 Å². The largest absolute Gasteiger partial charge is 0.378 e. The molecule has 0 spiro atoms. The highest BCUT2D eigenvalue weighted by molar-refractivity contribution is 4.74. The van der Waals surface area contributed by atoms with Crippen LogP contribution < -0.4 is 5.32 Å². The van der Waals surface area contributed by atoms with Crippen molar-refractivity contribution < 1.29 is 4.74 Å². The van der Waals surface area contributed by atoms with Gasteiger partial charge in [-0.3, -0.25) is 0 Å². The van der Waals surface area contributed by atoms with E-state index in [2.05, 4.69) is 33.0 Å². The normalized spacial score (nSPS) is 22.4. The van der Waals surface area contributed by atoms with Crippen LogP contribution in [-0.4, -0.2) is 25.3 Å². The second-order valence-electron chi connectivity index (χ2n) is 7.32. The molecule has 0 aromatic carbocycles. The molecule has 0 radical (unpaired) electrons. The molecule has 2 nitrogen and oxygen atoms in total. The summed E-state index contributed by atoms with van der Waals surface area (Å²) in [4.78, 5) is 0. The number of rotatable bonds is 8. The second-order valence-corrected chi connectivity index (χ2v) is 7.32. The van der Waals surface area contributed by atoms with Crippen LogP contribution in [-0.2, 0) is 4.74 Å².